The molecule has 1 amide bonds. The van der Waals surface area contributed by atoms with E-state index in [1.165, 1.54) is 12.1 Å². The van der Waals surface area contributed by atoms with Gasteiger partial charge in [-0.1, -0.05) is 6.92 Å². The molecule has 2 aliphatic heterocycles. The molecule has 0 radical (unpaired) electrons. The number of halogens is 1. The molecule has 2 saturated heterocycles. The SMILES string of the molecule is CCCNC(=O)C1(C)COC(c2nc(-c3ccc(F)cc3)c(-c3ccnc(NCC4CCCO4)n3)[nH]2)OC1. The molecule has 11 heteroatoms. The third-order valence-corrected chi connectivity index (χ3v) is 6.68. The number of aromatic nitrogens is 4. The molecule has 0 spiro atoms. The number of nitrogens with one attached hydrogen (secondary N) is 3. The quantitative estimate of drug-likeness (QED) is 0.386. The van der Waals surface area contributed by atoms with Crippen LogP contribution >= 0.6 is 0 Å². The van der Waals surface area contributed by atoms with Crippen LogP contribution in [0.1, 0.15) is 45.2 Å². The van der Waals surface area contributed by atoms with Gasteiger partial charge >= 0.3 is 0 Å². The summed E-state index contributed by atoms with van der Waals surface area (Å²) in [6, 6.07) is 7.87. The summed E-state index contributed by atoms with van der Waals surface area (Å²) in [5.74, 6) is 0.461. The molecule has 3 N–H and O–H groups in total. The van der Waals surface area contributed by atoms with Gasteiger partial charge in [-0.15, -0.1) is 0 Å². The predicted octanol–water partition coefficient (Wildman–Crippen LogP) is 3.84. The van der Waals surface area contributed by atoms with Crippen molar-refractivity contribution in [3.05, 3.63) is 48.2 Å². The van der Waals surface area contributed by atoms with Gasteiger partial charge in [0.2, 0.25) is 18.1 Å². The number of hydrogen-bond donors (Lipinski definition) is 3. The first-order valence-electron chi connectivity index (χ1n) is 13.0. The Balaban J connectivity index is 1.39. The van der Waals surface area contributed by atoms with Gasteiger partial charge in [-0.2, -0.15) is 0 Å². The molecule has 1 aromatic carbocycles. The lowest BCUT2D eigenvalue weighted by atomic mass is 9.91. The Bertz CT molecular complexity index is 1240. The third kappa shape index (κ3) is 5.85. The minimum absolute atomic E-state index is 0.103. The van der Waals surface area contributed by atoms with Crippen LogP contribution in [0.5, 0.6) is 0 Å². The second-order valence-electron chi connectivity index (χ2n) is 9.90. The van der Waals surface area contributed by atoms with Gasteiger partial charge in [-0.25, -0.2) is 19.3 Å². The molecule has 202 valence electrons. The molecule has 4 heterocycles. The largest absolute Gasteiger partial charge is 0.376 e. The summed E-state index contributed by atoms with van der Waals surface area (Å²) >= 11 is 0. The monoisotopic (exact) mass is 524 g/mol. The topological polar surface area (TPSA) is 123 Å². The number of aromatic amines is 1. The van der Waals surface area contributed by atoms with Crippen molar-refractivity contribution in [3.63, 3.8) is 0 Å². The summed E-state index contributed by atoms with van der Waals surface area (Å²) in [4.78, 5) is 29.7. The van der Waals surface area contributed by atoms with Gasteiger partial charge in [0.15, 0.2) is 5.82 Å². The van der Waals surface area contributed by atoms with Crippen molar-refractivity contribution < 1.29 is 23.4 Å². The van der Waals surface area contributed by atoms with E-state index in [4.69, 9.17) is 19.2 Å². The van der Waals surface area contributed by atoms with E-state index >= 15 is 0 Å². The van der Waals surface area contributed by atoms with E-state index in [2.05, 4.69) is 25.6 Å². The molecular formula is C27H33FN6O4. The van der Waals surface area contributed by atoms with Crippen molar-refractivity contribution in [2.75, 3.05) is 38.2 Å². The smallest absolute Gasteiger partial charge is 0.230 e. The van der Waals surface area contributed by atoms with Crippen molar-refractivity contribution in [1.82, 2.24) is 25.3 Å². The molecular weight excluding hydrogens is 491 g/mol. The number of nitrogens with zero attached hydrogens (tertiary/aromatic N) is 3. The normalized spacial score (nSPS) is 23.3. The highest BCUT2D eigenvalue weighted by Crippen LogP contribution is 2.35. The Morgan fingerprint density at radius 1 is 1.16 bits per heavy atom. The van der Waals surface area contributed by atoms with Crippen LogP contribution in [0.2, 0.25) is 0 Å². The predicted molar refractivity (Wildman–Crippen MR) is 139 cm³/mol. The van der Waals surface area contributed by atoms with Gasteiger partial charge in [-0.3, -0.25) is 4.79 Å². The number of carbonyl (C=O) groups is 1. The molecule has 3 aromatic rings. The zero-order valence-corrected chi connectivity index (χ0v) is 21.6. The fraction of sp³-hybridized carbons (Fsp3) is 0.481. The molecule has 1 atom stereocenters. The highest BCUT2D eigenvalue weighted by atomic mass is 19.1. The summed E-state index contributed by atoms with van der Waals surface area (Å²) in [7, 11) is 0. The first-order valence-corrected chi connectivity index (χ1v) is 13.0. The Morgan fingerprint density at radius 2 is 1.95 bits per heavy atom. The first-order chi connectivity index (χ1) is 18.4. The Morgan fingerprint density at radius 3 is 2.66 bits per heavy atom. The summed E-state index contributed by atoms with van der Waals surface area (Å²) in [6.07, 6.45) is 3.93. The highest BCUT2D eigenvalue weighted by molar-refractivity contribution is 5.82. The fourth-order valence-corrected chi connectivity index (χ4v) is 4.45. The lowest BCUT2D eigenvalue weighted by molar-refractivity contribution is -0.231. The molecule has 2 aromatic heterocycles. The first kappa shape index (κ1) is 26.2. The van der Waals surface area contributed by atoms with Crippen LogP contribution in [-0.2, 0) is 19.0 Å². The molecule has 38 heavy (non-hydrogen) atoms. The van der Waals surface area contributed by atoms with Gasteiger partial charge < -0.3 is 29.8 Å². The molecule has 0 bridgehead atoms. The van der Waals surface area contributed by atoms with E-state index < -0.39 is 11.7 Å². The number of rotatable bonds is 9. The fourth-order valence-electron chi connectivity index (χ4n) is 4.45. The van der Waals surface area contributed by atoms with Crippen LogP contribution in [0, 0.1) is 11.2 Å². The van der Waals surface area contributed by atoms with E-state index in [1.54, 1.807) is 24.4 Å². The number of carbonyl (C=O) groups excluding carboxylic acids is 1. The Kier molecular flexibility index (Phi) is 7.96. The van der Waals surface area contributed by atoms with E-state index in [0.717, 1.165) is 25.9 Å². The second-order valence-corrected chi connectivity index (χ2v) is 9.90. The lowest BCUT2D eigenvalue weighted by Crippen LogP contribution is -2.48. The number of H-pyrrole nitrogens is 1. The van der Waals surface area contributed by atoms with E-state index in [0.29, 0.717) is 47.5 Å². The maximum atomic E-state index is 13.7. The zero-order chi connectivity index (χ0) is 26.5. The molecule has 0 aliphatic carbocycles. The van der Waals surface area contributed by atoms with Crippen molar-refractivity contribution in [1.29, 1.82) is 0 Å². The van der Waals surface area contributed by atoms with Crippen molar-refractivity contribution in [2.45, 2.75) is 45.5 Å². The highest BCUT2D eigenvalue weighted by Gasteiger charge is 2.40. The Hall–Kier alpha value is -3.41. The number of ether oxygens (including phenoxy) is 3. The van der Waals surface area contributed by atoms with Gasteiger partial charge in [0.05, 0.1) is 41.8 Å². The summed E-state index contributed by atoms with van der Waals surface area (Å²) < 4.78 is 31.3. The molecule has 5 rings (SSSR count). The minimum Gasteiger partial charge on any atom is -0.376 e. The van der Waals surface area contributed by atoms with Crippen LogP contribution in [0.15, 0.2) is 36.5 Å². The average Bonchev–Trinajstić information content (AvgIpc) is 3.62. The van der Waals surface area contributed by atoms with Crippen LogP contribution in [0.3, 0.4) is 0 Å². The van der Waals surface area contributed by atoms with E-state index in [1.807, 2.05) is 13.8 Å². The standard InChI is InChI=1S/C27H33FN6O4/c1-3-11-29-25(35)27(2)15-37-24(38-16-27)23-33-21(17-6-8-18(28)9-7-17)22(34-23)20-10-12-30-26(32-20)31-14-19-5-4-13-36-19/h6-10,12,19,24H,3-5,11,13-16H2,1-2H3,(H,29,35)(H,33,34)(H,30,31,32). The number of hydrogen-bond acceptors (Lipinski definition) is 8. The van der Waals surface area contributed by atoms with Crippen molar-refractivity contribution >= 4 is 11.9 Å². The van der Waals surface area contributed by atoms with Crippen LogP contribution in [0.25, 0.3) is 22.6 Å². The zero-order valence-electron chi connectivity index (χ0n) is 21.6. The van der Waals surface area contributed by atoms with Gasteiger partial charge in [0, 0.05) is 31.5 Å². The number of benzene rings is 1. The van der Waals surface area contributed by atoms with Crippen LogP contribution in [0.4, 0.5) is 10.3 Å². The van der Waals surface area contributed by atoms with Crippen LogP contribution in [-0.4, -0.2) is 64.9 Å². The van der Waals surface area contributed by atoms with E-state index in [-0.39, 0.29) is 31.0 Å². The van der Waals surface area contributed by atoms with Crippen molar-refractivity contribution in [3.8, 4) is 22.6 Å². The average molecular weight is 525 g/mol. The number of amides is 1. The molecule has 0 saturated carbocycles. The third-order valence-electron chi connectivity index (χ3n) is 6.68. The maximum Gasteiger partial charge on any atom is 0.230 e. The molecule has 1 unspecified atom stereocenters. The molecule has 10 nitrogen and oxygen atoms in total. The Labute approximate surface area is 220 Å². The number of imidazole rings is 1. The van der Waals surface area contributed by atoms with Gasteiger partial charge in [0.25, 0.3) is 0 Å². The summed E-state index contributed by atoms with van der Waals surface area (Å²) in [6.45, 7) is 6.18. The summed E-state index contributed by atoms with van der Waals surface area (Å²) in [5, 5.41) is 6.16. The molecule has 2 fully saturated rings. The van der Waals surface area contributed by atoms with Crippen LogP contribution < -0.4 is 10.6 Å². The summed E-state index contributed by atoms with van der Waals surface area (Å²) in [5.41, 5.74) is 1.71. The van der Waals surface area contributed by atoms with E-state index in [9.17, 15) is 9.18 Å². The minimum atomic E-state index is -0.797. The van der Waals surface area contributed by atoms with Gasteiger partial charge in [-0.05, 0) is 56.5 Å². The van der Waals surface area contributed by atoms with Crippen molar-refractivity contribution in [2.24, 2.45) is 5.41 Å². The molecule has 2 aliphatic rings. The number of anilines is 1. The maximum absolute atomic E-state index is 13.7. The van der Waals surface area contributed by atoms with Gasteiger partial charge in [0.1, 0.15) is 5.82 Å². The second kappa shape index (κ2) is 11.5. The lowest BCUT2D eigenvalue weighted by Gasteiger charge is -2.35.